The Morgan fingerprint density at radius 3 is 2.66 bits per heavy atom. The van der Waals surface area contributed by atoms with E-state index in [1.807, 2.05) is 50.2 Å². The third-order valence-electron chi connectivity index (χ3n) is 4.50. The first kappa shape index (κ1) is 20.9. The van der Waals surface area contributed by atoms with Gasteiger partial charge in [0.05, 0.1) is 6.54 Å². The van der Waals surface area contributed by atoms with Gasteiger partial charge in [-0.05, 0) is 62.8 Å². The van der Waals surface area contributed by atoms with Crippen molar-refractivity contribution in [1.29, 1.82) is 0 Å². The van der Waals surface area contributed by atoms with Crippen LogP contribution in [-0.4, -0.2) is 44.8 Å². The van der Waals surface area contributed by atoms with E-state index in [-0.39, 0.29) is 12.6 Å². The van der Waals surface area contributed by atoms with Crippen molar-refractivity contribution in [3.05, 3.63) is 58.9 Å². The number of nitrogens with zero attached hydrogens (tertiary/aromatic N) is 2. The first-order chi connectivity index (χ1) is 14.0. The zero-order valence-electron chi connectivity index (χ0n) is 17.3. The molecule has 0 saturated heterocycles. The van der Waals surface area contributed by atoms with Gasteiger partial charge >= 0.3 is 0 Å². The number of fused-ring (bicyclic) bond motifs is 1. The molecule has 0 aliphatic carbocycles. The van der Waals surface area contributed by atoms with E-state index >= 15 is 0 Å². The van der Waals surface area contributed by atoms with Crippen molar-refractivity contribution < 1.29 is 13.9 Å². The van der Waals surface area contributed by atoms with Crippen LogP contribution < -0.4 is 20.1 Å². The molecular weight excluding hydrogens is 371 g/mol. The van der Waals surface area contributed by atoms with Crippen LogP contribution in [0.25, 0.3) is 0 Å². The van der Waals surface area contributed by atoms with E-state index < -0.39 is 0 Å². The molecule has 1 heterocycles. The van der Waals surface area contributed by atoms with Gasteiger partial charge in [0.1, 0.15) is 5.82 Å². The molecule has 2 N–H and O–H groups in total. The van der Waals surface area contributed by atoms with Gasteiger partial charge in [0, 0.05) is 25.2 Å². The van der Waals surface area contributed by atoms with Crippen LogP contribution in [0.3, 0.4) is 0 Å². The van der Waals surface area contributed by atoms with E-state index in [0.29, 0.717) is 18.7 Å². The Morgan fingerprint density at radius 1 is 1.07 bits per heavy atom. The quantitative estimate of drug-likeness (QED) is 0.527. The third kappa shape index (κ3) is 6.09. The van der Waals surface area contributed by atoms with Crippen molar-refractivity contribution in [2.24, 2.45) is 4.99 Å². The van der Waals surface area contributed by atoms with Crippen LogP contribution in [0.4, 0.5) is 4.39 Å². The van der Waals surface area contributed by atoms with Crippen molar-refractivity contribution in [3.63, 3.8) is 0 Å². The van der Waals surface area contributed by atoms with Gasteiger partial charge < -0.3 is 25.0 Å². The third-order valence-corrected chi connectivity index (χ3v) is 4.50. The second kappa shape index (κ2) is 10.1. The lowest BCUT2D eigenvalue weighted by molar-refractivity contribution is 0.174. The molecule has 0 radical (unpaired) electrons. The predicted octanol–water partition coefficient (Wildman–Crippen LogP) is 2.91. The molecule has 6 nitrogen and oxygen atoms in total. The van der Waals surface area contributed by atoms with Gasteiger partial charge in [0.15, 0.2) is 17.5 Å². The maximum atomic E-state index is 14.0. The molecule has 2 aromatic rings. The predicted molar refractivity (Wildman–Crippen MR) is 113 cm³/mol. The van der Waals surface area contributed by atoms with Crippen molar-refractivity contribution in [1.82, 2.24) is 15.5 Å². The van der Waals surface area contributed by atoms with Crippen molar-refractivity contribution in [2.45, 2.75) is 26.4 Å². The first-order valence-electron chi connectivity index (χ1n) is 9.88. The molecule has 0 atom stereocenters. The molecule has 0 aromatic heterocycles. The molecule has 3 rings (SSSR count). The summed E-state index contributed by atoms with van der Waals surface area (Å²) in [5.41, 5.74) is 2.84. The Balaban J connectivity index is 1.57. The fraction of sp³-hybridized carbons (Fsp3) is 0.409. The van der Waals surface area contributed by atoms with Crippen LogP contribution in [0.1, 0.15) is 23.6 Å². The molecule has 1 aliphatic rings. The minimum absolute atomic E-state index is 0.180. The zero-order valence-corrected chi connectivity index (χ0v) is 17.3. The summed E-state index contributed by atoms with van der Waals surface area (Å²) in [6, 6.07) is 11.2. The summed E-state index contributed by atoms with van der Waals surface area (Å²) in [7, 11) is 3.86. The second-order valence-electron chi connectivity index (χ2n) is 7.22. The molecule has 7 heteroatoms. The highest BCUT2D eigenvalue weighted by molar-refractivity contribution is 5.79. The van der Waals surface area contributed by atoms with E-state index in [1.165, 1.54) is 11.6 Å². The van der Waals surface area contributed by atoms with Gasteiger partial charge in [-0.3, -0.25) is 0 Å². The largest absolute Gasteiger partial charge is 0.454 e. The number of hydrogen-bond donors (Lipinski definition) is 2. The highest BCUT2D eigenvalue weighted by atomic mass is 19.1. The highest BCUT2D eigenvalue weighted by Gasteiger charge is 2.13. The van der Waals surface area contributed by atoms with E-state index in [0.717, 1.165) is 42.5 Å². The summed E-state index contributed by atoms with van der Waals surface area (Å²) in [6.07, 6.45) is 0.838. The number of ether oxygens (including phenoxy) is 2. The summed E-state index contributed by atoms with van der Waals surface area (Å²) in [5.74, 6) is 2.16. The van der Waals surface area contributed by atoms with E-state index in [1.54, 1.807) is 6.07 Å². The Labute approximate surface area is 171 Å². The number of nitrogens with one attached hydrogen (secondary N) is 2. The Kier molecular flexibility index (Phi) is 7.30. The van der Waals surface area contributed by atoms with Crippen molar-refractivity contribution in [2.75, 3.05) is 34.0 Å². The molecule has 0 bridgehead atoms. The number of hydrogen-bond acceptors (Lipinski definition) is 4. The summed E-state index contributed by atoms with van der Waals surface area (Å²) in [5, 5.41) is 6.60. The lowest BCUT2D eigenvalue weighted by Crippen LogP contribution is -2.38. The Bertz CT molecular complexity index is 855. The molecule has 156 valence electrons. The minimum Gasteiger partial charge on any atom is -0.454 e. The summed E-state index contributed by atoms with van der Waals surface area (Å²) < 4.78 is 24.7. The monoisotopic (exact) mass is 400 g/mol. The standard InChI is InChI=1S/C22H29FN4O2/c1-4-24-22(25-10-9-16-6-8-20-21(12-16)29-15-28-20)26-13-17-5-7-19(23)18(11-17)14-27(2)3/h5-8,11-12H,4,9-10,13-15H2,1-3H3,(H2,24,25,26). The molecular formula is C22H29FN4O2. The van der Waals surface area contributed by atoms with Gasteiger partial charge in [-0.2, -0.15) is 0 Å². The van der Waals surface area contributed by atoms with Crippen LogP contribution in [0.2, 0.25) is 0 Å². The van der Waals surface area contributed by atoms with Gasteiger partial charge in [-0.25, -0.2) is 9.38 Å². The molecule has 2 aromatic carbocycles. The van der Waals surface area contributed by atoms with Gasteiger partial charge in [-0.1, -0.05) is 12.1 Å². The van der Waals surface area contributed by atoms with Crippen LogP contribution in [0.5, 0.6) is 11.5 Å². The molecule has 0 spiro atoms. The SMILES string of the molecule is CCNC(=NCc1ccc(F)c(CN(C)C)c1)NCCc1ccc2c(c1)OCO2. The molecule has 0 fully saturated rings. The van der Waals surface area contributed by atoms with Crippen LogP contribution in [-0.2, 0) is 19.5 Å². The smallest absolute Gasteiger partial charge is 0.231 e. The number of halogens is 1. The lowest BCUT2D eigenvalue weighted by Gasteiger charge is -2.13. The molecule has 29 heavy (non-hydrogen) atoms. The van der Waals surface area contributed by atoms with Crippen LogP contribution >= 0.6 is 0 Å². The second-order valence-corrected chi connectivity index (χ2v) is 7.22. The van der Waals surface area contributed by atoms with Crippen LogP contribution in [0.15, 0.2) is 41.4 Å². The average Bonchev–Trinajstić information content (AvgIpc) is 3.16. The Hall–Kier alpha value is -2.80. The molecule has 0 amide bonds. The first-order valence-corrected chi connectivity index (χ1v) is 9.88. The fourth-order valence-corrected chi connectivity index (χ4v) is 3.12. The molecule has 1 aliphatic heterocycles. The van der Waals surface area contributed by atoms with Crippen LogP contribution in [0, 0.1) is 5.82 Å². The lowest BCUT2D eigenvalue weighted by atomic mass is 10.1. The fourth-order valence-electron chi connectivity index (χ4n) is 3.12. The summed E-state index contributed by atoms with van der Waals surface area (Å²) in [4.78, 5) is 6.59. The van der Waals surface area contributed by atoms with Crippen molar-refractivity contribution in [3.8, 4) is 11.5 Å². The van der Waals surface area contributed by atoms with E-state index in [9.17, 15) is 4.39 Å². The zero-order chi connectivity index (χ0) is 20.6. The van der Waals surface area contributed by atoms with E-state index in [4.69, 9.17) is 9.47 Å². The maximum absolute atomic E-state index is 14.0. The average molecular weight is 400 g/mol. The topological polar surface area (TPSA) is 58.1 Å². The van der Waals surface area contributed by atoms with Crippen molar-refractivity contribution >= 4 is 5.96 Å². The maximum Gasteiger partial charge on any atom is 0.231 e. The van der Waals surface area contributed by atoms with Gasteiger partial charge in [-0.15, -0.1) is 0 Å². The summed E-state index contributed by atoms with van der Waals surface area (Å²) in [6.45, 7) is 4.87. The molecule has 0 unspecified atom stereocenters. The number of rotatable bonds is 8. The normalized spacial score (nSPS) is 13.1. The molecule has 0 saturated carbocycles. The van der Waals surface area contributed by atoms with E-state index in [2.05, 4.69) is 15.6 Å². The summed E-state index contributed by atoms with van der Waals surface area (Å²) >= 11 is 0. The highest BCUT2D eigenvalue weighted by Crippen LogP contribution is 2.32. The number of aliphatic imine (C=N–C) groups is 1. The number of benzene rings is 2. The number of guanidine groups is 1. The van der Waals surface area contributed by atoms with Gasteiger partial charge in [0.2, 0.25) is 6.79 Å². The Morgan fingerprint density at radius 2 is 1.86 bits per heavy atom. The van der Waals surface area contributed by atoms with Gasteiger partial charge in [0.25, 0.3) is 0 Å². The minimum atomic E-state index is -0.180.